The van der Waals surface area contributed by atoms with Crippen LogP contribution in [0.3, 0.4) is 0 Å². The minimum Gasteiger partial charge on any atom is -0.359 e. The van der Waals surface area contributed by atoms with Gasteiger partial charge in [0, 0.05) is 6.20 Å². The first-order valence-electron chi connectivity index (χ1n) is 2.01. The molecule has 0 radical (unpaired) electrons. The summed E-state index contributed by atoms with van der Waals surface area (Å²) in [6, 6.07) is 0. The summed E-state index contributed by atoms with van der Waals surface area (Å²) >= 11 is -3.15. The lowest BCUT2D eigenvalue weighted by molar-refractivity contribution is -1.63. The third-order valence-corrected chi connectivity index (χ3v) is 1.19. The van der Waals surface area contributed by atoms with Crippen LogP contribution in [0.5, 0.6) is 0 Å². The molecule has 0 aliphatic heterocycles. The second-order valence-electron chi connectivity index (χ2n) is 1.18. The first-order valence-corrected chi connectivity index (χ1v) is 3.95. The molecule has 0 saturated carbocycles. The quantitative estimate of drug-likeness (QED) is 0.518. The summed E-state index contributed by atoms with van der Waals surface area (Å²) in [5.74, 6) is 0. The van der Waals surface area contributed by atoms with E-state index >= 15 is 0 Å². The number of hydrogen-bond acceptors (Lipinski definition) is 4. The Bertz CT molecular complexity index is 164. The lowest BCUT2D eigenvalue weighted by Gasteiger charge is -1.89. The van der Waals surface area contributed by atoms with Gasteiger partial charge in [0.1, 0.15) is 6.33 Å². The predicted octanol–water partition coefficient (Wildman–Crippen LogP) is -2.60. The minimum absolute atomic E-state index is 1.01. The van der Waals surface area contributed by atoms with E-state index in [1.807, 2.05) is 0 Å². The van der Waals surface area contributed by atoms with Crippen molar-refractivity contribution in [2.24, 2.45) is 0 Å². The molecular weight excluding hydrogens is 192 g/mol. The molecule has 0 aromatic carbocycles. The SMILES string of the molecule is [O-][Br+2]([O-])On1ccnc1. The number of hydrogen-bond donors (Lipinski definition) is 0. The molecule has 0 N–H and O–H groups in total. The highest BCUT2D eigenvalue weighted by Gasteiger charge is 2.10. The molecule has 6 heteroatoms. The van der Waals surface area contributed by atoms with Crippen LogP contribution in [0.2, 0.25) is 0 Å². The number of imidazole rings is 1. The molecule has 0 aliphatic rings. The van der Waals surface area contributed by atoms with Crippen LogP contribution >= 0.6 is 0 Å². The molecule has 0 fully saturated rings. The van der Waals surface area contributed by atoms with Gasteiger partial charge in [-0.2, -0.15) is 0 Å². The summed E-state index contributed by atoms with van der Waals surface area (Å²) in [6.07, 6.45) is 4.06. The molecule has 1 aromatic heterocycles. The molecule has 1 aromatic rings. The van der Waals surface area contributed by atoms with Crippen molar-refractivity contribution in [3.63, 3.8) is 0 Å². The van der Waals surface area contributed by atoms with Crippen LogP contribution < -0.4 is 12.3 Å². The molecular formula is C3H3BrN2O3. The van der Waals surface area contributed by atoms with Gasteiger partial charge in [-0.05, 0) is 3.93 Å². The van der Waals surface area contributed by atoms with Crippen molar-refractivity contribution in [3.8, 4) is 0 Å². The van der Waals surface area contributed by atoms with Crippen LogP contribution in [-0.4, -0.2) is 9.71 Å². The molecule has 0 saturated heterocycles. The number of rotatable bonds is 2. The Kier molecular flexibility index (Phi) is 2.04. The van der Waals surface area contributed by atoms with Crippen LogP contribution in [0.4, 0.5) is 0 Å². The van der Waals surface area contributed by atoms with E-state index in [-0.39, 0.29) is 0 Å². The fraction of sp³-hybridized carbons (Fsp3) is 0. The van der Waals surface area contributed by atoms with Gasteiger partial charge in [-0.15, -0.1) is 0 Å². The van der Waals surface area contributed by atoms with Crippen molar-refractivity contribution >= 4 is 0 Å². The Morgan fingerprint density at radius 2 is 2.33 bits per heavy atom. The van der Waals surface area contributed by atoms with Gasteiger partial charge in [-0.3, -0.25) is 0 Å². The van der Waals surface area contributed by atoms with E-state index < -0.39 is 14.8 Å². The van der Waals surface area contributed by atoms with Crippen LogP contribution in [0.1, 0.15) is 0 Å². The Balaban J connectivity index is 2.48. The Morgan fingerprint density at radius 1 is 1.56 bits per heavy atom. The van der Waals surface area contributed by atoms with Gasteiger partial charge in [0.25, 0.3) is 0 Å². The van der Waals surface area contributed by atoms with E-state index in [2.05, 4.69) is 8.91 Å². The van der Waals surface area contributed by atoms with Crippen molar-refractivity contribution in [1.82, 2.24) is 9.71 Å². The molecule has 0 unspecified atom stereocenters. The van der Waals surface area contributed by atoms with Gasteiger partial charge >= 0.3 is 14.8 Å². The average molecular weight is 195 g/mol. The smallest absolute Gasteiger partial charge is 0.359 e. The summed E-state index contributed by atoms with van der Waals surface area (Å²) in [4.78, 5) is 3.55. The van der Waals surface area contributed by atoms with Gasteiger partial charge in [0.15, 0.2) is 0 Å². The van der Waals surface area contributed by atoms with Gasteiger partial charge in [-0.25, -0.2) is 4.98 Å². The van der Waals surface area contributed by atoms with Crippen LogP contribution in [0.25, 0.3) is 0 Å². The van der Waals surface area contributed by atoms with Crippen molar-refractivity contribution < 1.29 is 27.1 Å². The lowest BCUT2D eigenvalue weighted by Crippen LogP contribution is -2.40. The first-order chi connectivity index (χ1) is 4.29. The molecule has 0 amide bonds. The Labute approximate surface area is 56.3 Å². The van der Waals surface area contributed by atoms with Crippen molar-refractivity contribution in [2.45, 2.75) is 0 Å². The second-order valence-corrected chi connectivity index (χ2v) is 2.26. The molecule has 0 aliphatic carbocycles. The first kappa shape index (κ1) is 6.53. The van der Waals surface area contributed by atoms with Crippen molar-refractivity contribution in [2.75, 3.05) is 0 Å². The largest absolute Gasteiger partial charge is 0.534 e. The topological polar surface area (TPSA) is 73.2 Å². The highest BCUT2D eigenvalue weighted by atomic mass is 80.0. The minimum atomic E-state index is -3.15. The maximum Gasteiger partial charge on any atom is 0.534 e. The molecule has 1 heterocycles. The summed E-state index contributed by atoms with van der Waals surface area (Å²) < 4.78 is 25.0. The molecule has 0 atom stereocenters. The zero-order valence-corrected chi connectivity index (χ0v) is 5.82. The number of halogens is 1. The normalized spacial score (nSPS) is 10.1. The van der Waals surface area contributed by atoms with Crippen molar-refractivity contribution in [1.29, 1.82) is 0 Å². The van der Waals surface area contributed by atoms with E-state index in [0.29, 0.717) is 0 Å². The predicted molar refractivity (Wildman–Crippen MR) is 18.8 cm³/mol. The Morgan fingerprint density at radius 3 is 2.78 bits per heavy atom. The summed E-state index contributed by atoms with van der Waals surface area (Å²) in [5, 5.41) is 0. The van der Waals surface area contributed by atoms with Crippen LogP contribution in [0.15, 0.2) is 18.7 Å². The lowest BCUT2D eigenvalue weighted by atomic mass is 11.0. The fourth-order valence-electron chi connectivity index (χ4n) is 0.353. The fourth-order valence-corrected chi connectivity index (χ4v) is 0.797. The number of nitrogens with zero attached hydrogens (tertiary/aromatic N) is 2. The van der Waals surface area contributed by atoms with Gasteiger partial charge in [-0.1, -0.05) is 4.73 Å². The zero-order chi connectivity index (χ0) is 6.69. The zero-order valence-electron chi connectivity index (χ0n) is 4.23. The van der Waals surface area contributed by atoms with E-state index in [9.17, 15) is 8.40 Å². The Hall–Kier alpha value is -0.590. The number of aromatic nitrogens is 2. The monoisotopic (exact) mass is 194 g/mol. The van der Waals surface area contributed by atoms with Gasteiger partial charge in [0.2, 0.25) is 0 Å². The standard InChI is InChI=1S/C3H3BrN2O3/c7-4(8)9-6-2-1-5-3-6/h1-3H. The molecule has 0 bridgehead atoms. The van der Waals surface area contributed by atoms with E-state index in [0.717, 1.165) is 4.73 Å². The summed E-state index contributed by atoms with van der Waals surface area (Å²) in [6.45, 7) is 0. The highest BCUT2D eigenvalue weighted by molar-refractivity contribution is 4.68. The van der Waals surface area contributed by atoms with Crippen molar-refractivity contribution in [3.05, 3.63) is 18.7 Å². The molecule has 9 heavy (non-hydrogen) atoms. The average Bonchev–Trinajstić information content (AvgIpc) is 2.15. The van der Waals surface area contributed by atoms with Gasteiger partial charge < -0.3 is 8.40 Å². The van der Waals surface area contributed by atoms with Crippen LogP contribution in [0, 0.1) is 14.8 Å². The molecule has 0 spiro atoms. The third kappa shape index (κ3) is 2.00. The maximum atomic E-state index is 9.87. The van der Waals surface area contributed by atoms with E-state index in [1.165, 1.54) is 18.7 Å². The van der Waals surface area contributed by atoms with E-state index in [1.54, 1.807) is 0 Å². The van der Waals surface area contributed by atoms with Gasteiger partial charge in [0.05, 0.1) is 6.20 Å². The van der Waals surface area contributed by atoms with E-state index in [4.69, 9.17) is 0 Å². The molecule has 50 valence electrons. The summed E-state index contributed by atoms with van der Waals surface area (Å²) in [7, 11) is 0. The molecule has 1 rings (SSSR count). The third-order valence-electron chi connectivity index (χ3n) is 0.616. The highest BCUT2D eigenvalue weighted by Crippen LogP contribution is 1.79. The molecule has 5 nitrogen and oxygen atoms in total. The maximum absolute atomic E-state index is 9.87. The second kappa shape index (κ2) is 2.81. The summed E-state index contributed by atoms with van der Waals surface area (Å²) in [5.41, 5.74) is 0. The van der Waals surface area contributed by atoms with Crippen LogP contribution in [-0.2, 0) is 0 Å².